The van der Waals surface area contributed by atoms with Gasteiger partial charge in [-0.05, 0) is 32.1 Å². The molecule has 6 heteroatoms. The van der Waals surface area contributed by atoms with E-state index < -0.39 is 0 Å². The Morgan fingerprint density at radius 2 is 1.67 bits per heavy atom. The van der Waals surface area contributed by atoms with Gasteiger partial charge in [0, 0.05) is 11.1 Å². The molecule has 148 valence electrons. The van der Waals surface area contributed by atoms with Gasteiger partial charge in [0.15, 0.2) is 11.5 Å². The molecular formula is C21H31N3O3. The Bertz CT molecular complexity index is 735. The van der Waals surface area contributed by atoms with Crippen molar-refractivity contribution in [2.45, 2.75) is 27.7 Å². The normalized spacial score (nSPS) is 12.8. The number of hydrogen-bond donors (Lipinski definition) is 3. The van der Waals surface area contributed by atoms with Crippen LogP contribution in [-0.4, -0.2) is 25.2 Å². The van der Waals surface area contributed by atoms with Crippen molar-refractivity contribution in [1.29, 1.82) is 0 Å². The second-order valence-electron chi connectivity index (χ2n) is 5.16. The Morgan fingerprint density at radius 3 is 2.07 bits per heavy atom. The maximum absolute atomic E-state index is 9.95. The fourth-order valence-corrected chi connectivity index (χ4v) is 1.96. The summed E-state index contributed by atoms with van der Waals surface area (Å²) in [6.07, 6.45) is 6.90. The third kappa shape index (κ3) is 6.93. The molecule has 1 rings (SSSR count). The van der Waals surface area contributed by atoms with Gasteiger partial charge in [-0.3, -0.25) is 0 Å². The number of hydrogen-bond acceptors (Lipinski definition) is 5. The van der Waals surface area contributed by atoms with Crippen molar-refractivity contribution >= 4 is 11.5 Å². The molecule has 0 aliphatic heterocycles. The van der Waals surface area contributed by atoms with Crippen molar-refractivity contribution in [1.82, 2.24) is 0 Å². The van der Waals surface area contributed by atoms with Gasteiger partial charge in [0.25, 0.3) is 0 Å². The summed E-state index contributed by atoms with van der Waals surface area (Å²) in [5.41, 5.74) is 14.7. The highest BCUT2D eigenvalue weighted by Crippen LogP contribution is 2.38. The van der Waals surface area contributed by atoms with Crippen LogP contribution in [0.25, 0.3) is 5.70 Å². The molecule has 27 heavy (non-hydrogen) atoms. The van der Waals surface area contributed by atoms with Crippen LogP contribution < -0.4 is 20.9 Å². The van der Waals surface area contributed by atoms with Crippen molar-refractivity contribution in [2.75, 3.05) is 14.2 Å². The summed E-state index contributed by atoms with van der Waals surface area (Å²) in [6.45, 7) is 11.5. The summed E-state index contributed by atoms with van der Waals surface area (Å²) in [7, 11) is 2.89. The summed E-state index contributed by atoms with van der Waals surface area (Å²) < 4.78 is 10.2. The van der Waals surface area contributed by atoms with Crippen LogP contribution in [0.3, 0.4) is 0 Å². The molecule has 0 aliphatic carbocycles. The molecule has 1 aromatic rings. The van der Waals surface area contributed by atoms with E-state index in [2.05, 4.69) is 11.6 Å². The minimum absolute atomic E-state index is 0.0918. The van der Waals surface area contributed by atoms with Crippen LogP contribution in [0.15, 0.2) is 59.3 Å². The number of nitrogens with zero attached hydrogens (tertiary/aromatic N) is 1. The fraction of sp³-hybridized carbons (Fsp3) is 0.286. The summed E-state index contributed by atoms with van der Waals surface area (Å²) in [5, 5.41) is 9.95. The quantitative estimate of drug-likeness (QED) is 0.379. The monoisotopic (exact) mass is 373 g/mol. The molecule has 6 nitrogen and oxygen atoms in total. The summed E-state index contributed by atoms with van der Waals surface area (Å²) in [4.78, 5) is 4.21. The molecule has 0 aliphatic rings. The zero-order valence-corrected chi connectivity index (χ0v) is 17.0. The molecule has 0 spiro atoms. The minimum atomic E-state index is -0.0918. The molecular weight excluding hydrogens is 342 g/mol. The number of rotatable bonds is 7. The number of amidine groups is 1. The summed E-state index contributed by atoms with van der Waals surface area (Å²) in [6, 6.07) is 3.18. The molecule has 0 unspecified atom stereocenters. The van der Waals surface area contributed by atoms with Gasteiger partial charge in [-0.1, -0.05) is 38.2 Å². The van der Waals surface area contributed by atoms with Crippen molar-refractivity contribution in [3.8, 4) is 17.2 Å². The zero-order chi connectivity index (χ0) is 21.0. The lowest BCUT2D eigenvalue weighted by Crippen LogP contribution is -2.13. The average Bonchev–Trinajstić information content (AvgIpc) is 2.71. The van der Waals surface area contributed by atoms with Crippen LogP contribution in [0, 0.1) is 0 Å². The van der Waals surface area contributed by atoms with E-state index in [1.54, 1.807) is 18.2 Å². The largest absolute Gasteiger partial charge is 0.502 e. The lowest BCUT2D eigenvalue weighted by molar-refractivity contribution is 0.339. The number of nitrogens with two attached hydrogens (primary N) is 2. The van der Waals surface area contributed by atoms with E-state index in [1.165, 1.54) is 20.4 Å². The number of phenolic OH excluding ortho intramolecular Hbond substituents is 1. The second-order valence-corrected chi connectivity index (χ2v) is 5.16. The standard InChI is InChI=1S/C19H25N3O3.C2H6/c1-6-12(3)8-13(7-2)19(21)22-11-15(20)14-9-16(24-4)18(23)17(10-14)25-5;1-2/h6-11,23H,1,20H2,2-5H3,(H2,21,22);1-2H3/b12-8-,13-7+,15-11-;. The minimum Gasteiger partial charge on any atom is -0.502 e. The Kier molecular flexibility index (Phi) is 10.8. The Labute approximate surface area is 162 Å². The van der Waals surface area contributed by atoms with Crippen LogP contribution in [-0.2, 0) is 0 Å². The number of ether oxygens (including phenoxy) is 2. The first kappa shape index (κ1) is 23.9. The Balaban J connectivity index is 0.00000326. The van der Waals surface area contributed by atoms with Crippen molar-refractivity contribution in [2.24, 2.45) is 16.5 Å². The van der Waals surface area contributed by atoms with E-state index >= 15 is 0 Å². The molecule has 0 aromatic heterocycles. The highest BCUT2D eigenvalue weighted by Gasteiger charge is 2.12. The SMILES string of the molecule is C=C\C(C)=C/C(=C\C)C(/N)=N/C=C(\N)c1cc(OC)c(O)c(OC)c1.CC. The Hall–Kier alpha value is -3.15. The number of benzene rings is 1. The van der Waals surface area contributed by atoms with Crippen molar-refractivity contribution in [3.05, 3.63) is 59.8 Å². The van der Waals surface area contributed by atoms with Gasteiger partial charge >= 0.3 is 0 Å². The molecule has 0 saturated carbocycles. The van der Waals surface area contributed by atoms with E-state index in [1.807, 2.05) is 39.8 Å². The topological polar surface area (TPSA) is 103 Å². The molecule has 0 fully saturated rings. The van der Waals surface area contributed by atoms with Crippen LogP contribution in [0.1, 0.15) is 33.3 Å². The lowest BCUT2D eigenvalue weighted by Gasteiger charge is -2.11. The van der Waals surface area contributed by atoms with Crippen molar-refractivity contribution in [3.63, 3.8) is 0 Å². The first-order chi connectivity index (χ1) is 12.9. The number of allylic oxidation sites excluding steroid dienone is 3. The van der Waals surface area contributed by atoms with Gasteiger partial charge < -0.3 is 26.0 Å². The van der Waals surface area contributed by atoms with Crippen LogP contribution in [0.2, 0.25) is 0 Å². The lowest BCUT2D eigenvalue weighted by atomic mass is 10.1. The molecule has 0 saturated heterocycles. The van der Waals surface area contributed by atoms with E-state index in [4.69, 9.17) is 20.9 Å². The number of aromatic hydroxyl groups is 1. The average molecular weight is 373 g/mol. The first-order valence-electron chi connectivity index (χ1n) is 8.59. The van der Waals surface area contributed by atoms with E-state index in [-0.39, 0.29) is 17.2 Å². The maximum atomic E-state index is 9.95. The second kappa shape index (κ2) is 12.2. The van der Waals surface area contributed by atoms with Crippen molar-refractivity contribution < 1.29 is 14.6 Å². The molecule has 5 N–H and O–H groups in total. The molecule has 0 radical (unpaired) electrons. The highest BCUT2D eigenvalue weighted by atomic mass is 16.5. The van der Waals surface area contributed by atoms with Gasteiger partial charge in [0.1, 0.15) is 5.84 Å². The summed E-state index contributed by atoms with van der Waals surface area (Å²) >= 11 is 0. The third-order valence-corrected chi connectivity index (χ3v) is 3.47. The molecule has 1 aromatic carbocycles. The van der Waals surface area contributed by atoms with Crippen LogP contribution >= 0.6 is 0 Å². The van der Waals surface area contributed by atoms with Gasteiger partial charge in [0.05, 0.1) is 26.1 Å². The smallest absolute Gasteiger partial charge is 0.200 e. The van der Waals surface area contributed by atoms with Gasteiger partial charge in [-0.15, -0.1) is 0 Å². The van der Waals surface area contributed by atoms with E-state index in [9.17, 15) is 5.11 Å². The molecule has 0 heterocycles. The predicted molar refractivity (Wildman–Crippen MR) is 114 cm³/mol. The first-order valence-corrected chi connectivity index (χ1v) is 8.59. The number of methoxy groups -OCH3 is 2. The van der Waals surface area contributed by atoms with Gasteiger partial charge in [-0.2, -0.15) is 0 Å². The Morgan fingerprint density at radius 1 is 1.15 bits per heavy atom. The van der Waals surface area contributed by atoms with Crippen LogP contribution in [0.4, 0.5) is 0 Å². The van der Waals surface area contributed by atoms with E-state index in [0.29, 0.717) is 17.1 Å². The maximum Gasteiger partial charge on any atom is 0.200 e. The molecule has 0 bridgehead atoms. The number of phenols is 1. The molecule has 0 atom stereocenters. The zero-order valence-electron chi connectivity index (χ0n) is 17.0. The van der Waals surface area contributed by atoms with Crippen LogP contribution in [0.5, 0.6) is 17.2 Å². The fourth-order valence-electron chi connectivity index (χ4n) is 1.96. The highest BCUT2D eigenvalue weighted by molar-refractivity contribution is 6.00. The number of aliphatic imine (C=N–C) groups is 1. The van der Waals surface area contributed by atoms with E-state index in [0.717, 1.165) is 11.1 Å². The molecule has 0 amide bonds. The van der Waals surface area contributed by atoms with Gasteiger partial charge in [0.2, 0.25) is 5.75 Å². The predicted octanol–water partition coefficient (Wildman–Crippen LogP) is 4.13. The van der Waals surface area contributed by atoms with Gasteiger partial charge in [-0.25, -0.2) is 4.99 Å². The summed E-state index contributed by atoms with van der Waals surface area (Å²) in [5.74, 6) is 0.734. The third-order valence-electron chi connectivity index (χ3n) is 3.47.